The van der Waals surface area contributed by atoms with Crippen LogP contribution in [0.5, 0.6) is 5.75 Å². The Bertz CT molecular complexity index is 1340. The summed E-state index contributed by atoms with van der Waals surface area (Å²) in [6.45, 7) is 1.84. The van der Waals surface area contributed by atoms with E-state index in [-0.39, 0.29) is 17.6 Å². The number of primary amides is 1. The molecule has 9 heteroatoms. The summed E-state index contributed by atoms with van der Waals surface area (Å²) in [6.07, 6.45) is 0.495. The van der Waals surface area contributed by atoms with Gasteiger partial charge in [0.05, 0.1) is 23.0 Å². The van der Waals surface area contributed by atoms with Gasteiger partial charge in [0, 0.05) is 22.6 Å². The third-order valence-corrected chi connectivity index (χ3v) is 6.28. The number of nitrogens with one attached hydrogen (secondary N) is 2. The first-order valence-corrected chi connectivity index (χ1v) is 11.0. The minimum atomic E-state index is -0.971. The zero-order chi connectivity index (χ0) is 24.0. The molecule has 0 radical (unpaired) electrons. The van der Waals surface area contributed by atoms with Crippen molar-refractivity contribution in [2.75, 3.05) is 10.2 Å². The third-order valence-electron chi connectivity index (χ3n) is 6.04. The summed E-state index contributed by atoms with van der Waals surface area (Å²) in [5.74, 6) is -0.446. The molecule has 4 amide bonds. The molecule has 2 atom stereocenters. The lowest BCUT2D eigenvalue weighted by Gasteiger charge is -2.50. The van der Waals surface area contributed by atoms with Gasteiger partial charge in [-0.25, -0.2) is 4.79 Å². The van der Waals surface area contributed by atoms with E-state index < -0.39 is 17.5 Å². The normalized spacial score (nSPS) is 20.6. The van der Waals surface area contributed by atoms with Crippen molar-refractivity contribution in [1.29, 1.82) is 0 Å². The number of fused-ring (bicyclic) bond motifs is 4. The van der Waals surface area contributed by atoms with E-state index in [1.807, 2.05) is 6.92 Å². The zero-order valence-electron chi connectivity index (χ0n) is 18.2. The standard InChI is InChI=1S/C25H21ClN4O4/c1-25-13-20(18-12-15(26)9-10-21(18)34-25)29-24(33)30(25)16-6-4-5-14(11-16)23(32)28-19-8-3-2-7-17(19)22(27)31/h2-12,20H,13H2,1H3,(H2,27,31)(H,28,32)(H,29,33). The maximum absolute atomic E-state index is 13.1. The molecule has 4 N–H and O–H groups in total. The highest BCUT2D eigenvalue weighted by molar-refractivity contribution is 6.30. The molecule has 0 spiro atoms. The van der Waals surface area contributed by atoms with Crippen LogP contribution in [0.4, 0.5) is 16.2 Å². The molecule has 2 aliphatic rings. The minimum absolute atomic E-state index is 0.204. The van der Waals surface area contributed by atoms with Gasteiger partial charge in [-0.1, -0.05) is 29.8 Å². The molecule has 5 rings (SSSR count). The Hall–Kier alpha value is -4.04. The first kappa shape index (κ1) is 21.8. The van der Waals surface area contributed by atoms with E-state index >= 15 is 0 Å². The van der Waals surface area contributed by atoms with E-state index in [9.17, 15) is 14.4 Å². The Morgan fingerprint density at radius 1 is 1.15 bits per heavy atom. The van der Waals surface area contributed by atoms with Crippen LogP contribution in [0, 0.1) is 0 Å². The number of anilines is 2. The molecule has 2 bridgehead atoms. The van der Waals surface area contributed by atoms with Crippen molar-refractivity contribution in [1.82, 2.24) is 5.32 Å². The van der Waals surface area contributed by atoms with E-state index in [0.29, 0.717) is 34.1 Å². The van der Waals surface area contributed by atoms with Crippen molar-refractivity contribution < 1.29 is 19.1 Å². The number of ether oxygens (including phenoxy) is 1. The van der Waals surface area contributed by atoms with Crippen LogP contribution in [-0.2, 0) is 0 Å². The van der Waals surface area contributed by atoms with Crippen molar-refractivity contribution in [3.63, 3.8) is 0 Å². The van der Waals surface area contributed by atoms with E-state index in [4.69, 9.17) is 22.1 Å². The van der Waals surface area contributed by atoms with Crippen LogP contribution < -0.4 is 26.0 Å². The van der Waals surface area contributed by atoms with Gasteiger partial charge in [0.25, 0.3) is 11.8 Å². The Kier molecular flexibility index (Phi) is 5.17. The number of benzene rings is 3. The highest BCUT2D eigenvalue weighted by atomic mass is 35.5. The number of hydrogen-bond donors (Lipinski definition) is 3. The first-order chi connectivity index (χ1) is 16.2. The molecular weight excluding hydrogens is 456 g/mol. The molecule has 1 fully saturated rings. The van der Waals surface area contributed by atoms with Crippen LogP contribution in [0.3, 0.4) is 0 Å². The summed E-state index contributed by atoms with van der Waals surface area (Å²) >= 11 is 6.14. The number of nitrogens with two attached hydrogens (primary N) is 1. The second-order valence-corrected chi connectivity index (χ2v) is 8.85. The number of nitrogens with zero attached hydrogens (tertiary/aromatic N) is 1. The molecule has 2 unspecified atom stereocenters. The van der Waals surface area contributed by atoms with E-state index in [1.165, 1.54) is 11.0 Å². The summed E-state index contributed by atoms with van der Waals surface area (Å²) in [4.78, 5) is 39.3. The van der Waals surface area contributed by atoms with E-state index in [2.05, 4.69) is 10.6 Å². The first-order valence-electron chi connectivity index (χ1n) is 10.6. The average molecular weight is 477 g/mol. The number of rotatable bonds is 4. The summed E-state index contributed by atoms with van der Waals surface area (Å²) < 4.78 is 6.28. The van der Waals surface area contributed by atoms with Gasteiger partial charge >= 0.3 is 6.03 Å². The Balaban J connectivity index is 1.46. The second kappa shape index (κ2) is 8.07. The molecule has 0 aromatic heterocycles. The zero-order valence-corrected chi connectivity index (χ0v) is 18.9. The molecule has 2 aliphatic heterocycles. The minimum Gasteiger partial charge on any atom is -0.467 e. The lowest BCUT2D eigenvalue weighted by Crippen LogP contribution is -2.65. The van der Waals surface area contributed by atoms with Gasteiger partial charge in [0.2, 0.25) is 0 Å². The topological polar surface area (TPSA) is 114 Å². The van der Waals surface area contributed by atoms with Crippen LogP contribution >= 0.6 is 11.6 Å². The molecule has 3 aromatic carbocycles. The average Bonchev–Trinajstić information content (AvgIpc) is 2.79. The van der Waals surface area contributed by atoms with Gasteiger partial charge in [-0.05, 0) is 55.5 Å². The Labute approximate surface area is 200 Å². The van der Waals surface area contributed by atoms with Crippen LogP contribution in [0.2, 0.25) is 5.02 Å². The molecule has 3 aromatic rings. The lowest BCUT2D eigenvalue weighted by molar-refractivity contribution is 0.0378. The summed E-state index contributed by atoms with van der Waals surface area (Å²) in [6, 6.07) is 17.9. The smallest absolute Gasteiger partial charge is 0.325 e. The van der Waals surface area contributed by atoms with Crippen LogP contribution in [0.1, 0.15) is 45.7 Å². The maximum atomic E-state index is 13.1. The number of carbonyl (C=O) groups excluding carboxylic acids is 3. The summed E-state index contributed by atoms with van der Waals surface area (Å²) in [5.41, 5.74) is 6.58. The number of carbonyl (C=O) groups is 3. The highest BCUT2D eigenvalue weighted by Gasteiger charge is 2.50. The SMILES string of the molecule is CC12CC(NC(=O)N1c1cccc(C(=O)Nc3ccccc3C(N)=O)c1)c1cc(Cl)ccc1O2. The monoisotopic (exact) mass is 476 g/mol. The van der Waals surface area contributed by atoms with Crippen molar-refractivity contribution in [3.05, 3.63) is 88.4 Å². The fourth-order valence-electron chi connectivity index (χ4n) is 4.52. The number of urea groups is 1. The van der Waals surface area contributed by atoms with Crippen LogP contribution in [0.15, 0.2) is 66.7 Å². The summed E-state index contributed by atoms with van der Waals surface area (Å²) in [7, 11) is 0. The number of amides is 4. The predicted octanol–water partition coefficient (Wildman–Crippen LogP) is 4.46. The van der Waals surface area contributed by atoms with Gasteiger partial charge in [-0.15, -0.1) is 0 Å². The molecule has 1 saturated heterocycles. The van der Waals surface area contributed by atoms with E-state index in [1.54, 1.807) is 60.7 Å². The lowest BCUT2D eigenvalue weighted by atomic mass is 9.90. The van der Waals surface area contributed by atoms with Gasteiger partial charge in [-0.3, -0.25) is 14.5 Å². The molecule has 0 saturated carbocycles. The van der Waals surface area contributed by atoms with Crippen molar-refractivity contribution in [2.24, 2.45) is 5.73 Å². The molecule has 34 heavy (non-hydrogen) atoms. The highest BCUT2D eigenvalue weighted by Crippen LogP contribution is 2.46. The molecular formula is C25H21ClN4O4. The van der Waals surface area contributed by atoms with Gasteiger partial charge in [0.1, 0.15) is 5.75 Å². The maximum Gasteiger partial charge on any atom is 0.325 e. The number of halogens is 1. The second-order valence-electron chi connectivity index (χ2n) is 8.42. The Morgan fingerprint density at radius 2 is 1.94 bits per heavy atom. The van der Waals surface area contributed by atoms with Gasteiger partial charge in [-0.2, -0.15) is 0 Å². The van der Waals surface area contributed by atoms with Crippen molar-refractivity contribution in [3.8, 4) is 5.75 Å². The summed E-state index contributed by atoms with van der Waals surface area (Å²) in [5, 5.41) is 6.30. The van der Waals surface area contributed by atoms with Crippen molar-refractivity contribution in [2.45, 2.75) is 25.1 Å². The van der Waals surface area contributed by atoms with Crippen LogP contribution in [-0.4, -0.2) is 23.6 Å². The molecule has 8 nitrogen and oxygen atoms in total. The quantitative estimate of drug-likeness (QED) is 0.515. The largest absolute Gasteiger partial charge is 0.467 e. The number of para-hydroxylation sites is 1. The number of hydrogen-bond acceptors (Lipinski definition) is 4. The predicted molar refractivity (Wildman–Crippen MR) is 128 cm³/mol. The van der Waals surface area contributed by atoms with E-state index in [0.717, 1.165) is 5.56 Å². The Morgan fingerprint density at radius 3 is 2.74 bits per heavy atom. The third kappa shape index (κ3) is 3.72. The molecule has 172 valence electrons. The molecule has 0 aliphatic carbocycles. The van der Waals surface area contributed by atoms with Crippen LogP contribution in [0.25, 0.3) is 0 Å². The molecule has 2 heterocycles. The van der Waals surface area contributed by atoms with Gasteiger partial charge < -0.3 is 21.1 Å². The fourth-order valence-corrected chi connectivity index (χ4v) is 4.70. The van der Waals surface area contributed by atoms with Crippen molar-refractivity contribution >= 4 is 40.8 Å². The fraction of sp³-hybridized carbons (Fsp3) is 0.160. The van der Waals surface area contributed by atoms with Gasteiger partial charge in [0.15, 0.2) is 5.72 Å².